The SMILES string of the molecule is COC(CNC(C)c1ccc(NC(=O)OC(C)(C)C)cc1)OC. The van der Waals surface area contributed by atoms with E-state index in [1.807, 2.05) is 45.0 Å². The second kappa shape index (κ2) is 8.86. The van der Waals surface area contributed by atoms with Gasteiger partial charge in [0.1, 0.15) is 5.60 Å². The average Bonchev–Trinajstić information content (AvgIpc) is 2.46. The van der Waals surface area contributed by atoms with Gasteiger partial charge in [-0.25, -0.2) is 4.79 Å². The Morgan fingerprint density at radius 1 is 1.13 bits per heavy atom. The van der Waals surface area contributed by atoms with Gasteiger partial charge in [-0.05, 0) is 45.4 Å². The summed E-state index contributed by atoms with van der Waals surface area (Å²) in [6, 6.07) is 7.75. The topological polar surface area (TPSA) is 68.8 Å². The zero-order chi connectivity index (χ0) is 17.5. The highest BCUT2D eigenvalue weighted by Gasteiger charge is 2.16. The molecule has 0 aliphatic rings. The molecule has 0 heterocycles. The third-order valence-electron chi connectivity index (χ3n) is 3.17. The van der Waals surface area contributed by atoms with Crippen molar-refractivity contribution in [1.82, 2.24) is 5.32 Å². The summed E-state index contributed by atoms with van der Waals surface area (Å²) in [6.07, 6.45) is -0.731. The van der Waals surface area contributed by atoms with Crippen molar-refractivity contribution in [3.8, 4) is 0 Å². The molecule has 0 saturated heterocycles. The van der Waals surface area contributed by atoms with Crippen LogP contribution in [-0.2, 0) is 14.2 Å². The van der Waals surface area contributed by atoms with E-state index in [1.165, 1.54) is 0 Å². The molecule has 0 radical (unpaired) electrons. The number of benzene rings is 1. The molecule has 23 heavy (non-hydrogen) atoms. The third kappa shape index (κ3) is 7.45. The van der Waals surface area contributed by atoms with Crippen LogP contribution in [0, 0.1) is 0 Å². The highest BCUT2D eigenvalue weighted by Crippen LogP contribution is 2.17. The minimum atomic E-state index is -0.512. The molecule has 6 heteroatoms. The maximum absolute atomic E-state index is 11.7. The van der Waals surface area contributed by atoms with Crippen LogP contribution in [0.3, 0.4) is 0 Å². The maximum atomic E-state index is 11.7. The predicted molar refractivity (Wildman–Crippen MR) is 90.5 cm³/mol. The van der Waals surface area contributed by atoms with Crippen molar-refractivity contribution in [3.05, 3.63) is 29.8 Å². The van der Waals surface area contributed by atoms with Crippen LogP contribution in [0.5, 0.6) is 0 Å². The second-order valence-corrected chi connectivity index (χ2v) is 6.28. The van der Waals surface area contributed by atoms with Gasteiger partial charge in [-0.1, -0.05) is 12.1 Å². The van der Waals surface area contributed by atoms with Crippen LogP contribution < -0.4 is 10.6 Å². The Hall–Kier alpha value is -1.63. The van der Waals surface area contributed by atoms with Gasteiger partial charge in [0, 0.05) is 32.5 Å². The summed E-state index contributed by atoms with van der Waals surface area (Å²) in [5, 5.41) is 6.04. The molecule has 1 aromatic carbocycles. The molecule has 0 bridgehead atoms. The zero-order valence-corrected chi connectivity index (χ0v) is 14.8. The van der Waals surface area contributed by atoms with Gasteiger partial charge < -0.3 is 19.5 Å². The molecule has 0 saturated carbocycles. The first-order valence-corrected chi connectivity index (χ1v) is 7.64. The van der Waals surface area contributed by atoms with E-state index in [-0.39, 0.29) is 12.3 Å². The molecular formula is C17H28N2O4. The van der Waals surface area contributed by atoms with Crippen LogP contribution >= 0.6 is 0 Å². The Bertz CT molecular complexity index is 478. The van der Waals surface area contributed by atoms with Crippen molar-refractivity contribution in [1.29, 1.82) is 0 Å². The highest BCUT2D eigenvalue weighted by molar-refractivity contribution is 5.84. The Morgan fingerprint density at radius 3 is 2.17 bits per heavy atom. The molecular weight excluding hydrogens is 296 g/mol. The zero-order valence-electron chi connectivity index (χ0n) is 14.8. The first-order valence-electron chi connectivity index (χ1n) is 7.64. The standard InChI is InChI=1S/C17H28N2O4/c1-12(18-11-15(21-5)22-6)13-7-9-14(10-8-13)19-16(20)23-17(2,3)4/h7-10,12,15,18H,11H2,1-6H3,(H,19,20). The fourth-order valence-electron chi connectivity index (χ4n) is 1.93. The largest absolute Gasteiger partial charge is 0.444 e. The lowest BCUT2D eigenvalue weighted by Crippen LogP contribution is -2.31. The van der Waals surface area contributed by atoms with Crippen LogP contribution in [0.15, 0.2) is 24.3 Å². The van der Waals surface area contributed by atoms with E-state index in [0.717, 1.165) is 5.56 Å². The van der Waals surface area contributed by atoms with E-state index in [2.05, 4.69) is 17.6 Å². The molecule has 1 atom stereocenters. The summed E-state index contributed by atoms with van der Waals surface area (Å²) in [6.45, 7) is 8.13. The molecule has 0 aromatic heterocycles. The summed E-state index contributed by atoms with van der Waals surface area (Å²) < 4.78 is 15.5. The predicted octanol–water partition coefficient (Wildman–Crippen LogP) is 3.30. The molecule has 1 aromatic rings. The smallest absolute Gasteiger partial charge is 0.412 e. The van der Waals surface area contributed by atoms with Gasteiger partial charge in [0.05, 0.1) is 0 Å². The van der Waals surface area contributed by atoms with Crippen molar-refractivity contribution in [2.75, 3.05) is 26.1 Å². The number of nitrogens with one attached hydrogen (secondary N) is 2. The average molecular weight is 324 g/mol. The molecule has 0 spiro atoms. The number of methoxy groups -OCH3 is 2. The van der Waals surface area contributed by atoms with E-state index in [0.29, 0.717) is 12.2 Å². The third-order valence-corrected chi connectivity index (χ3v) is 3.17. The normalized spacial score (nSPS) is 13.0. The number of carbonyl (C=O) groups excluding carboxylic acids is 1. The number of carbonyl (C=O) groups is 1. The molecule has 6 nitrogen and oxygen atoms in total. The molecule has 1 rings (SSSR count). The van der Waals surface area contributed by atoms with Gasteiger partial charge in [-0.2, -0.15) is 0 Å². The van der Waals surface area contributed by atoms with Gasteiger partial charge in [0.15, 0.2) is 6.29 Å². The van der Waals surface area contributed by atoms with Crippen LogP contribution in [0.1, 0.15) is 39.3 Å². The first kappa shape index (κ1) is 19.4. The van der Waals surface area contributed by atoms with Gasteiger partial charge in [0.25, 0.3) is 0 Å². The quantitative estimate of drug-likeness (QED) is 0.753. The van der Waals surface area contributed by atoms with Gasteiger partial charge in [0.2, 0.25) is 0 Å². The van der Waals surface area contributed by atoms with Crippen LogP contribution in [0.2, 0.25) is 0 Å². The summed E-state index contributed by atoms with van der Waals surface area (Å²) in [5.74, 6) is 0. The lowest BCUT2D eigenvalue weighted by Gasteiger charge is -2.20. The molecule has 1 amide bonds. The monoisotopic (exact) mass is 324 g/mol. The molecule has 0 fully saturated rings. The van der Waals surface area contributed by atoms with Gasteiger partial charge in [-0.15, -0.1) is 0 Å². The van der Waals surface area contributed by atoms with Gasteiger partial charge in [-0.3, -0.25) is 5.32 Å². The number of rotatable bonds is 7. The number of anilines is 1. The van der Waals surface area contributed by atoms with Crippen molar-refractivity contribution in [2.45, 2.75) is 45.6 Å². The molecule has 2 N–H and O–H groups in total. The van der Waals surface area contributed by atoms with Crippen molar-refractivity contribution < 1.29 is 19.0 Å². The van der Waals surface area contributed by atoms with E-state index < -0.39 is 11.7 Å². The fraction of sp³-hybridized carbons (Fsp3) is 0.588. The first-order chi connectivity index (χ1) is 10.7. The summed E-state index contributed by atoms with van der Waals surface area (Å²) in [4.78, 5) is 11.7. The number of amides is 1. The molecule has 0 aliphatic heterocycles. The second-order valence-electron chi connectivity index (χ2n) is 6.28. The number of ether oxygens (including phenoxy) is 3. The van der Waals surface area contributed by atoms with Crippen molar-refractivity contribution in [2.24, 2.45) is 0 Å². The minimum Gasteiger partial charge on any atom is -0.444 e. The Balaban J connectivity index is 2.54. The van der Waals surface area contributed by atoms with E-state index in [4.69, 9.17) is 14.2 Å². The Morgan fingerprint density at radius 2 is 1.70 bits per heavy atom. The molecule has 1 unspecified atom stereocenters. The Labute approximate surface area is 138 Å². The van der Waals surface area contributed by atoms with Crippen molar-refractivity contribution >= 4 is 11.8 Å². The Kier molecular flexibility index (Phi) is 7.48. The van der Waals surface area contributed by atoms with E-state index in [9.17, 15) is 4.79 Å². The van der Waals surface area contributed by atoms with Crippen LogP contribution in [-0.4, -0.2) is 38.7 Å². The summed E-state index contributed by atoms with van der Waals surface area (Å²) in [7, 11) is 3.22. The van der Waals surface area contributed by atoms with Gasteiger partial charge >= 0.3 is 6.09 Å². The van der Waals surface area contributed by atoms with Crippen molar-refractivity contribution in [3.63, 3.8) is 0 Å². The maximum Gasteiger partial charge on any atom is 0.412 e. The van der Waals surface area contributed by atoms with E-state index in [1.54, 1.807) is 14.2 Å². The molecule has 130 valence electrons. The van der Waals surface area contributed by atoms with Crippen LogP contribution in [0.25, 0.3) is 0 Å². The highest BCUT2D eigenvalue weighted by atomic mass is 16.7. The number of hydrogen-bond donors (Lipinski definition) is 2. The fourth-order valence-corrected chi connectivity index (χ4v) is 1.93. The van der Waals surface area contributed by atoms with Crippen LogP contribution in [0.4, 0.5) is 10.5 Å². The summed E-state index contributed by atoms with van der Waals surface area (Å²) in [5.41, 5.74) is 1.29. The number of hydrogen-bond acceptors (Lipinski definition) is 5. The lowest BCUT2D eigenvalue weighted by atomic mass is 10.1. The van der Waals surface area contributed by atoms with E-state index >= 15 is 0 Å². The molecule has 0 aliphatic carbocycles. The lowest BCUT2D eigenvalue weighted by molar-refractivity contribution is -0.0997. The summed E-state index contributed by atoms with van der Waals surface area (Å²) >= 11 is 0. The minimum absolute atomic E-state index is 0.137.